The van der Waals surface area contributed by atoms with Gasteiger partial charge < -0.3 is 30.3 Å². The van der Waals surface area contributed by atoms with Crippen LogP contribution in [0.2, 0.25) is 0 Å². The minimum absolute atomic E-state index is 0.157. The van der Waals surface area contributed by atoms with E-state index in [2.05, 4.69) is 21.1 Å². The van der Waals surface area contributed by atoms with Crippen molar-refractivity contribution in [2.24, 2.45) is 0 Å². The van der Waals surface area contributed by atoms with Gasteiger partial charge in [-0.1, -0.05) is 5.16 Å². The van der Waals surface area contributed by atoms with Crippen molar-refractivity contribution in [1.82, 2.24) is 15.8 Å². The van der Waals surface area contributed by atoms with E-state index in [1.165, 1.54) is 24.3 Å². The molecule has 0 unspecified atom stereocenters. The van der Waals surface area contributed by atoms with Crippen molar-refractivity contribution in [3.8, 4) is 0 Å². The van der Waals surface area contributed by atoms with Gasteiger partial charge in [-0.15, -0.1) is 0 Å². The van der Waals surface area contributed by atoms with Crippen LogP contribution in [0.1, 0.15) is 41.1 Å². The average Bonchev–Trinajstić information content (AvgIpc) is 3.07. The summed E-state index contributed by atoms with van der Waals surface area (Å²) in [4.78, 5) is 24.4. The highest BCUT2D eigenvalue weighted by Crippen LogP contribution is 2.22. The smallest absolute Gasteiger partial charge is 0.319 e. The Labute approximate surface area is 179 Å². The third-order valence-electron chi connectivity index (χ3n) is 5.24. The molecule has 0 bridgehead atoms. The maximum Gasteiger partial charge on any atom is 0.319 e. The Kier molecular flexibility index (Phi) is 7.59. The summed E-state index contributed by atoms with van der Waals surface area (Å²) in [6.45, 7) is 3.59. The van der Waals surface area contributed by atoms with E-state index >= 15 is 0 Å². The lowest BCUT2D eigenvalue weighted by molar-refractivity contribution is -0.0892. The van der Waals surface area contributed by atoms with Gasteiger partial charge in [0, 0.05) is 12.1 Å². The zero-order valence-electron chi connectivity index (χ0n) is 17.5. The highest BCUT2D eigenvalue weighted by Gasteiger charge is 2.32. The molecule has 0 aliphatic carbocycles. The number of aromatic nitrogens is 1. The van der Waals surface area contributed by atoms with Crippen LogP contribution in [0.4, 0.5) is 14.9 Å². The van der Waals surface area contributed by atoms with Gasteiger partial charge in [0.15, 0.2) is 5.76 Å². The van der Waals surface area contributed by atoms with Gasteiger partial charge >= 0.3 is 6.03 Å². The number of urea groups is 1. The molecule has 0 saturated carbocycles. The number of nitrogens with one attached hydrogen (secondary N) is 3. The molecule has 1 aliphatic rings. The van der Waals surface area contributed by atoms with Crippen LogP contribution in [0.25, 0.3) is 0 Å². The number of aliphatic hydroxyl groups excluding tert-OH is 1. The van der Waals surface area contributed by atoms with Gasteiger partial charge in [0.2, 0.25) is 0 Å². The number of hydrogen-bond acceptors (Lipinski definition) is 6. The van der Waals surface area contributed by atoms with Crippen LogP contribution in [-0.2, 0) is 4.74 Å². The molecular weight excluding hydrogens is 407 g/mol. The average molecular weight is 434 g/mol. The maximum atomic E-state index is 13.0. The Hall–Kier alpha value is -2.98. The Morgan fingerprint density at radius 2 is 1.97 bits per heavy atom. The molecule has 0 radical (unpaired) electrons. The highest BCUT2D eigenvalue weighted by atomic mass is 19.1. The molecule has 3 rings (SSSR count). The Morgan fingerprint density at radius 3 is 2.61 bits per heavy atom. The number of aryl methyl sites for hydroxylation is 2. The van der Waals surface area contributed by atoms with Gasteiger partial charge in [-0.05, 0) is 57.4 Å². The summed E-state index contributed by atoms with van der Waals surface area (Å²) < 4.78 is 23.9. The summed E-state index contributed by atoms with van der Waals surface area (Å²) in [5.74, 6) is -0.228. The molecule has 1 aliphatic heterocycles. The summed E-state index contributed by atoms with van der Waals surface area (Å²) in [6.07, 6.45) is 1.13. The van der Waals surface area contributed by atoms with Crippen molar-refractivity contribution in [2.45, 2.75) is 51.4 Å². The zero-order valence-corrected chi connectivity index (χ0v) is 17.5. The van der Waals surface area contributed by atoms with E-state index in [0.29, 0.717) is 48.5 Å². The molecular formula is C21H27FN4O5. The number of aliphatic hydroxyl groups is 1. The number of ether oxygens (including phenoxy) is 1. The van der Waals surface area contributed by atoms with Crippen molar-refractivity contribution in [2.75, 3.05) is 18.5 Å². The predicted molar refractivity (Wildman–Crippen MR) is 110 cm³/mol. The van der Waals surface area contributed by atoms with E-state index < -0.39 is 11.9 Å². The summed E-state index contributed by atoms with van der Waals surface area (Å²) >= 11 is 0. The van der Waals surface area contributed by atoms with Crippen LogP contribution < -0.4 is 16.0 Å². The van der Waals surface area contributed by atoms with Gasteiger partial charge in [0.05, 0.1) is 18.8 Å². The molecule has 3 atom stereocenters. The summed E-state index contributed by atoms with van der Waals surface area (Å²) in [7, 11) is 0. The number of carbonyl (C=O) groups is 2. The van der Waals surface area contributed by atoms with Crippen molar-refractivity contribution in [3.63, 3.8) is 0 Å². The molecule has 2 heterocycles. The first-order valence-corrected chi connectivity index (χ1v) is 10.2. The van der Waals surface area contributed by atoms with Gasteiger partial charge in [-0.25, -0.2) is 9.18 Å². The largest absolute Gasteiger partial charge is 0.394 e. The molecule has 10 heteroatoms. The first-order valence-electron chi connectivity index (χ1n) is 10.2. The van der Waals surface area contributed by atoms with Crippen LogP contribution in [0.3, 0.4) is 0 Å². The van der Waals surface area contributed by atoms with Crippen LogP contribution in [0.15, 0.2) is 28.8 Å². The number of carbonyl (C=O) groups excluding carboxylic acids is 2. The normalized spacial score (nSPS) is 20.8. The van der Waals surface area contributed by atoms with Crippen molar-refractivity contribution in [3.05, 3.63) is 47.1 Å². The third kappa shape index (κ3) is 6.02. The summed E-state index contributed by atoms with van der Waals surface area (Å²) in [5, 5.41) is 21.8. The molecule has 1 fully saturated rings. The second kappa shape index (κ2) is 10.4. The van der Waals surface area contributed by atoms with Gasteiger partial charge in [0.25, 0.3) is 5.91 Å². The third-order valence-corrected chi connectivity index (χ3v) is 5.24. The molecule has 31 heavy (non-hydrogen) atoms. The molecule has 2 aromatic rings. The topological polar surface area (TPSA) is 126 Å². The van der Waals surface area contributed by atoms with Crippen molar-refractivity contribution < 1.29 is 28.3 Å². The van der Waals surface area contributed by atoms with E-state index in [0.717, 1.165) is 0 Å². The first-order chi connectivity index (χ1) is 14.9. The van der Waals surface area contributed by atoms with Gasteiger partial charge in [-0.3, -0.25) is 4.79 Å². The SMILES string of the molecule is Cc1noc(C)c1NC(=O)NCC[C@@H]1CC[C@@H](NC(=O)c2ccc(F)cc2)[C@H](CO)O1. The minimum Gasteiger partial charge on any atom is -0.394 e. The number of rotatable bonds is 7. The van der Waals surface area contributed by atoms with Crippen LogP contribution in [0, 0.1) is 19.7 Å². The Morgan fingerprint density at radius 1 is 1.23 bits per heavy atom. The summed E-state index contributed by atoms with van der Waals surface area (Å²) in [6, 6.07) is 4.54. The lowest BCUT2D eigenvalue weighted by Crippen LogP contribution is -2.51. The van der Waals surface area contributed by atoms with Gasteiger partial charge in [0.1, 0.15) is 23.3 Å². The lowest BCUT2D eigenvalue weighted by atomic mass is 9.96. The number of halogens is 1. The van der Waals surface area contributed by atoms with Crippen LogP contribution in [-0.4, -0.2) is 53.6 Å². The lowest BCUT2D eigenvalue weighted by Gasteiger charge is -2.36. The van der Waals surface area contributed by atoms with E-state index in [9.17, 15) is 19.1 Å². The maximum absolute atomic E-state index is 13.0. The molecule has 4 N–H and O–H groups in total. The number of benzene rings is 1. The fourth-order valence-electron chi connectivity index (χ4n) is 3.53. The van der Waals surface area contributed by atoms with Crippen molar-refractivity contribution >= 4 is 17.6 Å². The molecule has 0 spiro atoms. The fraction of sp³-hybridized carbons (Fsp3) is 0.476. The predicted octanol–water partition coefficient (Wildman–Crippen LogP) is 2.28. The van der Waals surface area contributed by atoms with E-state index in [4.69, 9.17) is 9.26 Å². The van der Waals surface area contributed by atoms with E-state index in [1.54, 1.807) is 13.8 Å². The number of hydrogen-bond donors (Lipinski definition) is 4. The van der Waals surface area contributed by atoms with Crippen LogP contribution in [0.5, 0.6) is 0 Å². The minimum atomic E-state index is -0.556. The number of anilines is 1. The van der Waals surface area contributed by atoms with E-state index in [1.807, 2.05) is 0 Å². The van der Waals surface area contributed by atoms with Crippen LogP contribution >= 0.6 is 0 Å². The highest BCUT2D eigenvalue weighted by molar-refractivity contribution is 5.94. The number of amides is 3. The summed E-state index contributed by atoms with van der Waals surface area (Å²) in [5.41, 5.74) is 1.49. The van der Waals surface area contributed by atoms with Crippen molar-refractivity contribution in [1.29, 1.82) is 0 Å². The van der Waals surface area contributed by atoms with E-state index in [-0.39, 0.29) is 30.7 Å². The molecule has 1 saturated heterocycles. The molecule has 1 aromatic carbocycles. The number of nitrogens with zero attached hydrogens (tertiary/aromatic N) is 1. The molecule has 9 nitrogen and oxygen atoms in total. The second-order valence-corrected chi connectivity index (χ2v) is 7.51. The Bertz CT molecular complexity index is 882. The monoisotopic (exact) mass is 434 g/mol. The Balaban J connectivity index is 1.43. The molecule has 1 aromatic heterocycles. The first kappa shape index (κ1) is 22.7. The zero-order chi connectivity index (χ0) is 22.4. The standard InChI is InChI=1S/C21H27FN4O5/c1-12-19(13(2)31-26-12)25-21(29)23-10-9-16-7-8-17(18(11-27)30-16)24-20(28)14-3-5-15(22)6-4-14/h3-6,16-18,27H,7-11H2,1-2H3,(H,24,28)(H2,23,25,29)/t16-,17+,18-/m0/s1. The molecule has 3 amide bonds. The van der Waals surface area contributed by atoms with Gasteiger partial charge in [-0.2, -0.15) is 0 Å². The molecule has 168 valence electrons. The quantitative estimate of drug-likeness (QED) is 0.530. The fourth-order valence-corrected chi connectivity index (χ4v) is 3.53. The second-order valence-electron chi connectivity index (χ2n) is 7.51.